The minimum absolute atomic E-state index is 0.00416. The zero-order chi connectivity index (χ0) is 25.3. The van der Waals surface area contributed by atoms with E-state index in [9.17, 15) is 14.7 Å². The fourth-order valence-electron chi connectivity index (χ4n) is 4.26. The van der Waals surface area contributed by atoms with E-state index in [4.69, 9.17) is 10.1 Å². The second kappa shape index (κ2) is 9.87. The quantitative estimate of drug-likeness (QED) is 0.456. The molecule has 9 heteroatoms. The molecule has 2 heterocycles. The number of aromatic nitrogens is 1. The molecule has 0 saturated heterocycles. The number of carbonyl (C=O) groups excluding carboxylic acids is 2. The number of amidine groups is 1. The molecule has 1 aliphatic rings. The van der Waals surface area contributed by atoms with Crippen molar-refractivity contribution < 1.29 is 19.4 Å². The maximum absolute atomic E-state index is 12.7. The smallest absolute Gasteiger partial charge is 0.338 e. The van der Waals surface area contributed by atoms with Crippen molar-refractivity contribution in [1.29, 1.82) is 5.41 Å². The minimum atomic E-state index is -0.623. The van der Waals surface area contributed by atoms with Gasteiger partial charge in [0.25, 0.3) is 5.91 Å². The first-order valence-corrected chi connectivity index (χ1v) is 12.2. The van der Waals surface area contributed by atoms with Crippen molar-refractivity contribution in [3.63, 3.8) is 0 Å². The molecule has 0 aliphatic carbocycles. The predicted molar refractivity (Wildman–Crippen MR) is 138 cm³/mol. The molecule has 35 heavy (non-hydrogen) atoms. The Morgan fingerprint density at radius 2 is 1.86 bits per heavy atom. The number of aliphatic hydroxyl groups is 1. The van der Waals surface area contributed by atoms with E-state index in [1.54, 1.807) is 34.1 Å². The monoisotopic (exact) mass is 492 g/mol. The molecular weight excluding hydrogens is 464 g/mol. The Morgan fingerprint density at radius 1 is 1.14 bits per heavy atom. The summed E-state index contributed by atoms with van der Waals surface area (Å²) < 4.78 is 6.26. The van der Waals surface area contributed by atoms with Crippen molar-refractivity contribution in [3.8, 4) is 0 Å². The van der Waals surface area contributed by atoms with Gasteiger partial charge in [0.1, 0.15) is 16.6 Å². The summed E-state index contributed by atoms with van der Waals surface area (Å²) in [5.41, 5.74) is 2.01. The van der Waals surface area contributed by atoms with Crippen molar-refractivity contribution in [1.82, 2.24) is 9.88 Å². The Kier molecular flexibility index (Phi) is 6.88. The van der Waals surface area contributed by atoms with Gasteiger partial charge < -0.3 is 19.6 Å². The molecule has 2 N–H and O–H groups in total. The van der Waals surface area contributed by atoms with Crippen molar-refractivity contribution in [2.24, 2.45) is 0 Å². The Hall–Kier alpha value is -3.72. The summed E-state index contributed by atoms with van der Waals surface area (Å²) in [6.07, 6.45) is 0. The number of nitrogens with zero attached hydrogens (tertiary/aromatic N) is 3. The maximum atomic E-state index is 12.7. The molecule has 0 saturated carbocycles. The highest BCUT2D eigenvalue weighted by Gasteiger charge is 2.32. The third kappa shape index (κ3) is 4.90. The predicted octanol–water partition coefficient (Wildman–Crippen LogP) is 4.87. The van der Waals surface area contributed by atoms with Crippen LogP contribution in [0.3, 0.4) is 0 Å². The van der Waals surface area contributed by atoms with Gasteiger partial charge in [0.15, 0.2) is 6.61 Å². The largest absolute Gasteiger partial charge is 0.510 e. The lowest BCUT2D eigenvalue weighted by Crippen LogP contribution is -2.44. The maximum Gasteiger partial charge on any atom is 0.338 e. The second-order valence-corrected chi connectivity index (χ2v) is 9.89. The number of benzene rings is 2. The molecule has 4 rings (SSSR count). The van der Waals surface area contributed by atoms with E-state index in [1.807, 2.05) is 52.0 Å². The van der Waals surface area contributed by atoms with Gasteiger partial charge >= 0.3 is 5.97 Å². The zero-order valence-electron chi connectivity index (χ0n) is 20.1. The molecule has 0 bridgehead atoms. The third-order valence-electron chi connectivity index (χ3n) is 5.73. The Balaban J connectivity index is 1.48. The van der Waals surface area contributed by atoms with Gasteiger partial charge in [-0.3, -0.25) is 10.2 Å². The van der Waals surface area contributed by atoms with Crippen LogP contribution in [0, 0.1) is 5.41 Å². The molecule has 3 aromatic rings. The average molecular weight is 493 g/mol. The van der Waals surface area contributed by atoms with Crippen LogP contribution in [-0.4, -0.2) is 57.9 Å². The number of hydrogen-bond acceptors (Lipinski definition) is 7. The molecule has 1 amide bonds. The van der Waals surface area contributed by atoms with Crippen molar-refractivity contribution in [3.05, 3.63) is 64.9 Å². The van der Waals surface area contributed by atoms with Crippen molar-refractivity contribution in [2.45, 2.75) is 39.8 Å². The summed E-state index contributed by atoms with van der Waals surface area (Å²) in [5.74, 6) is -0.723. The minimum Gasteiger partial charge on any atom is -0.510 e. The summed E-state index contributed by atoms with van der Waals surface area (Å²) in [6, 6.07) is 14.3. The fourth-order valence-corrected chi connectivity index (χ4v) is 5.30. The second-order valence-electron chi connectivity index (χ2n) is 8.86. The number of hydrogen-bond donors (Lipinski definition) is 2. The van der Waals surface area contributed by atoms with E-state index in [-0.39, 0.29) is 48.3 Å². The number of nitrogens with one attached hydrogen (secondary N) is 1. The fraction of sp³-hybridized carbons (Fsp3) is 0.308. The molecule has 0 unspecified atom stereocenters. The topological polar surface area (TPSA) is 107 Å². The van der Waals surface area contributed by atoms with Gasteiger partial charge in [0.2, 0.25) is 0 Å². The van der Waals surface area contributed by atoms with Crippen LogP contribution >= 0.6 is 11.3 Å². The average Bonchev–Trinajstić information content (AvgIpc) is 3.36. The first kappa shape index (κ1) is 24.4. The Bertz CT molecular complexity index is 1290. The van der Waals surface area contributed by atoms with E-state index in [0.717, 1.165) is 10.2 Å². The SMILES string of the molecule is CC(C)N(C(=O)COC(=O)c1cccc(N2CC(O)=C(c3nc4ccccc4s3)C2=N)c1)C(C)C. The van der Waals surface area contributed by atoms with Gasteiger partial charge in [0.05, 0.1) is 27.9 Å². The molecule has 8 nitrogen and oxygen atoms in total. The number of amides is 1. The zero-order valence-corrected chi connectivity index (χ0v) is 20.9. The molecule has 182 valence electrons. The van der Waals surface area contributed by atoms with Gasteiger partial charge in [-0.15, -0.1) is 11.3 Å². The highest BCUT2D eigenvalue weighted by molar-refractivity contribution is 7.19. The van der Waals surface area contributed by atoms with Crippen LogP contribution in [-0.2, 0) is 9.53 Å². The number of para-hydroxylation sites is 1. The Morgan fingerprint density at radius 3 is 2.54 bits per heavy atom. The van der Waals surface area contributed by atoms with Crippen LogP contribution in [0.25, 0.3) is 15.8 Å². The summed E-state index contributed by atoms with van der Waals surface area (Å²) in [7, 11) is 0. The number of carbonyl (C=O) groups is 2. The van der Waals surface area contributed by atoms with Gasteiger partial charge in [-0.1, -0.05) is 18.2 Å². The highest BCUT2D eigenvalue weighted by atomic mass is 32.1. The van der Waals surface area contributed by atoms with E-state index in [0.29, 0.717) is 16.3 Å². The van der Waals surface area contributed by atoms with Crippen LogP contribution < -0.4 is 4.90 Å². The number of ether oxygens (including phenoxy) is 1. The number of esters is 1. The lowest BCUT2D eigenvalue weighted by atomic mass is 10.2. The van der Waals surface area contributed by atoms with Crippen LogP contribution in [0.2, 0.25) is 0 Å². The van der Waals surface area contributed by atoms with Gasteiger partial charge in [-0.25, -0.2) is 9.78 Å². The molecule has 1 aromatic heterocycles. The highest BCUT2D eigenvalue weighted by Crippen LogP contribution is 2.35. The molecule has 1 aliphatic heterocycles. The first-order valence-electron chi connectivity index (χ1n) is 11.4. The van der Waals surface area contributed by atoms with E-state index >= 15 is 0 Å². The van der Waals surface area contributed by atoms with Crippen LogP contribution in [0.5, 0.6) is 0 Å². The summed E-state index contributed by atoms with van der Waals surface area (Å²) in [5, 5.41) is 19.9. The van der Waals surface area contributed by atoms with Gasteiger partial charge in [-0.05, 0) is 58.0 Å². The van der Waals surface area contributed by atoms with Crippen molar-refractivity contribution >= 4 is 50.5 Å². The van der Waals surface area contributed by atoms with Crippen LogP contribution in [0.15, 0.2) is 54.3 Å². The van der Waals surface area contributed by atoms with Gasteiger partial charge in [0, 0.05) is 17.8 Å². The number of anilines is 1. The lowest BCUT2D eigenvalue weighted by molar-refractivity contribution is -0.138. The first-order chi connectivity index (χ1) is 16.7. The van der Waals surface area contributed by atoms with E-state index in [1.165, 1.54) is 11.3 Å². The number of fused-ring (bicyclic) bond motifs is 1. The molecule has 0 fully saturated rings. The third-order valence-corrected chi connectivity index (χ3v) is 6.79. The molecule has 0 spiro atoms. The van der Waals surface area contributed by atoms with E-state index < -0.39 is 5.97 Å². The standard InChI is InChI=1S/C26H28N4O4S/c1-15(2)30(16(3)4)22(32)14-34-26(33)17-8-7-9-18(12-17)29-13-20(31)23(24(29)27)25-28-19-10-5-6-11-21(19)35-25/h5-12,15-16,27,31H,13-14H2,1-4H3. The summed E-state index contributed by atoms with van der Waals surface area (Å²) in [4.78, 5) is 33.1. The molecule has 0 atom stereocenters. The molecule has 2 aromatic carbocycles. The molecule has 0 radical (unpaired) electrons. The van der Waals surface area contributed by atoms with Crippen LogP contribution in [0.1, 0.15) is 43.1 Å². The Labute approximate surface area is 208 Å². The van der Waals surface area contributed by atoms with Gasteiger partial charge in [-0.2, -0.15) is 0 Å². The number of thiazole rings is 1. The number of rotatable bonds is 7. The van der Waals surface area contributed by atoms with E-state index in [2.05, 4.69) is 4.98 Å². The summed E-state index contributed by atoms with van der Waals surface area (Å²) >= 11 is 1.42. The summed E-state index contributed by atoms with van der Waals surface area (Å²) in [6.45, 7) is 7.42. The normalized spacial score (nSPS) is 13.9. The lowest BCUT2D eigenvalue weighted by Gasteiger charge is -2.30. The van der Waals surface area contributed by atoms with Crippen molar-refractivity contribution in [2.75, 3.05) is 18.1 Å². The van der Waals surface area contributed by atoms with Crippen LogP contribution in [0.4, 0.5) is 5.69 Å². The molecular formula is C26H28N4O4S. The number of aliphatic hydroxyl groups excluding tert-OH is 1.